The molecule has 0 saturated carbocycles. The number of fused-ring (bicyclic) bond motifs is 5. The maximum absolute atomic E-state index is 9.27. The Labute approximate surface area is 433 Å². The molecule has 0 amide bonds. The molecule has 10 aromatic rings. The molecule has 0 radical (unpaired) electrons. The van der Waals surface area contributed by atoms with E-state index in [1.165, 1.54) is 16.7 Å². The first-order chi connectivity index (χ1) is 35.7. The second-order valence-corrected chi connectivity index (χ2v) is 23.0. The summed E-state index contributed by atoms with van der Waals surface area (Å²) in [4.78, 5) is 0. The monoisotopic (exact) mass is 952 g/mol. The predicted molar refractivity (Wildman–Crippen MR) is 300 cm³/mol. The highest BCUT2D eigenvalue weighted by Crippen LogP contribution is 2.56. The molecule has 73 heavy (non-hydrogen) atoms. The summed E-state index contributed by atoms with van der Waals surface area (Å²) in [5, 5.41) is 0. The largest absolute Gasteiger partial charge is 0.499 e. The molecule has 8 aromatic carbocycles. The normalized spacial score (nSPS) is 15.8. The van der Waals surface area contributed by atoms with Gasteiger partial charge in [0.15, 0.2) is 23.0 Å². The number of para-hydroxylation sites is 1. The summed E-state index contributed by atoms with van der Waals surface area (Å²) in [6, 6.07) is 66.4. The summed E-state index contributed by atoms with van der Waals surface area (Å²) >= 11 is 0. The average Bonchev–Trinajstić information content (AvgIpc) is 3.91. The van der Waals surface area contributed by atoms with Crippen molar-refractivity contribution in [2.24, 2.45) is 0 Å². The molecule has 0 N–H and O–H groups in total. The average molecular weight is 952 g/mol. The van der Waals surface area contributed by atoms with Gasteiger partial charge in [-0.1, -0.05) is 197 Å². The molecular weight excluding hydrogens is 887 g/mol. The van der Waals surface area contributed by atoms with Gasteiger partial charge >= 0.3 is 11.7 Å². The van der Waals surface area contributed by atoms with E-state index in [0.717, 1.165) is 112 Å². The van der Waals surface area contributed by atoms with Crippen LogP contribution in [-0.4, -0.2) is 4.57 Å². The first-order valence-electron chi connectivity index (χ1n) is 26.9. The Morgan fingerprint density at radius 3 is 1.70 bits per heavy atom. The summed E-state index contributed by atoms with van der Waals surface area (Å²) in [6.45, 7) is 21.6. The molecule has 0 saturated heterocycles. The molecule has 0 aliphatic carbocycles. The van der Waals surface area contributed by atoms with Crippen LogP contribution in [0.2, 0.25) is 0 Å². The van der Waals surface area contributed by atoms with Crippen molar-refractivity contribution in [2.75, 3.05) is 0 Å². The maximum atomic E-state index is 9.27. The number of benzene rings is 8. The molecule has 0 fully saturated rings. The van der Waals surface area contributed by atoms with Crippen LogP contribution in [0.1, 0.15) is 112 Å². The van der Waals surface area contributed by atoms with Crippen LogP contribution in [0, 0.1) is 0 Å². The van der Waals surface area contributed by atoms with E-state index in [1.54, 1.807) is 0 Å². The molecule has 13 rings (SSSR count). The first kappa shape index (κ1) is 42.8. The van der Waals surface area contributed by atoms with Gasteiger partial charge in [0.25, 0.3) is 0 Å². The van der Waals surface area contributed by atoms with Crippen molar-refractivity contribution in [3.8, 4) is 89.7 Å². The third-order valence-electron chi connectivity index (χ3n) is 15.8. The van der Waals surface area contributed by atoms with Gasteiger partial charge in [-0.25, -0.2) is 0 Å². The Morgan fingerprint density at radius 2 is 1.08 bits per heavy atom. The molecule has 2 aromatic heterocycles. The number of ether oxygens (including phenoxy) is 1. The van der Waals surface area contributed by atoms with Gasteiger partial charge in [0.1, 0.15) is 16.8 Å². The number of rotatable bonds is 7. The molecule has 3 aliphatic heterocycles. The Hall–Kier alpha value is -7.82. The number of hydrogen-bond donors (Lipinski definition) is 0. The SMILES string of the molecule is [2H]C(C)(C)c1cccc(C([2H])(C)C)c1-c1ccc(-n2c3[n+]4c5c(cccc52)-c2cc(-c5ccccc5)cc5c2C4(Oc2c-3cc(C(C)(C)C)cc2C(C)(C)C)[n+]2ccc(-c3ccc(-c4ccccc4)cc3)cc2-5)cc1. The standard InChI is InChI=1S/C69H63N3O/c1-42(2)53-23-17-24-54(43(3)4)62(53)48-31-33-52(34-32-48)71-60-26-18-25-55-56-37-50(45-21-15-12-16-22-45)38-57-61-39-49(47-29-27-46(28-30-47)44-19-13-11-14-20-44)35-36-70(61)69(63(56)57)72(64(55)60)66(71)58-40-51(67(5,6)7)41-59(65(58)73-69)68(8,9)10/h11-43H,1-10H3/q+2/i42D,43D. The van der Waals surface area contributed by atoms with Crippen LogP contribution in [0.15, 0.2) is 188 Å². The quantitative estimate of drug-likeness (QED) is 0.146. The van der Waals surface area contributed by atoms with Crippen molar-refractivity contribution >= 4 is 11.0 Å². The molecule has 3 aliphatic rings. The van der Waals surface area contributed by atoms with E-state index < -0.39 is 17.6 Å². The summed E-state index contributed by atoms with van der Waals surface area (Å²) < 4.78 is 34.1. The van der Waals surface area contributed by atoms with Crippen molar-refractivity contribution in [3.63, 3.8) is 0 Å². The van der Waals surface area contributed by atoms with E-state index in [-0.39, 0.29) is 10.8 Å². The number of imidazole rings is 1. The van der Waals surface area contributed by atoms with Crippen molar-refractivity contribution in [1.82, 2.24) is 4.57 Å². The van der Waals surface area contributed by atoms with Gasteiger partial charge in [-0.2, -0.15) is 4.57 Å². The van der Waals surface area contributed by atoms with Gasteiger partial charge < -0.3 is 4.74 Å². The molecule has 5 heterocycles. The minimum absolute atomic E-state index is 0.157. The van der Waals surface area contributed by atoms with Crippen molar-refractivity contribution in [2.45, 2.75) is 97.7 Å². The van der Waals surface area contributed by atoms with Crippen molar-refractivity contribution in [1.29, 1.82) is 0 Å². The Morgan fingerprint density at radius 1 is 0.507 bits per heavy atom. The third-order valence-corrected chi connectivity index (χ3v) is 15.8. The summed E-state index contributed by atoms with van der Waals surface area (Å²) in [5.74, 6) is -0.968. The van der Waals surface area contributed by atoms with Crippen molar-refractivity contribution < 1.29 is 16.6 Å². The summed E-state index contributed by atoms with van der Waals surface area (Å²) in [6.07, 6.45) is 2.27. The number of pyridine rings is 1. The van der Waals surface area contributed by atoms with Gasteiger partial charge in [0.05, 0.1) is 5.56 Å². The van der Waals surface area contributed by atoms with E-state index in [0.29, 0.717) is 0 Å². The fourth-order valence-corrected chi connectivity index (χ4v) is 12.1. The highest BCUT2D eigenvalue weighted by Gasteiger charge is 2.69. The van der Waals surface area contributed by atoms with Crippen LogP contribution in [0.5, 0.6) is 5.75 Å². The number of nitrogens with zero attached hydrogens (tertiary/aromatic N) is 3. The number of aromatic nitrogens is 3. The lowest BCUT2D eigenvalue weighted by Gasteiger charge is -2.36. The zero-order valence-corrected chi connectivity index (χ0v) is 43.6. The van der Waals surface area contributed by atoms with Gasteiger partial charge in [-0.05, 0) is 126 Å². The second-order valence-electron chi connectivity index (χ2n) is 23.0. The fraction of sp³-hybridized carbons (Fsp3) is 0.217. The fourth-order valence-electron chi connectivity index (χ4n) is 12.1. The van der Waals surface area contributed by atoms with Crippen LogP contribution >= 0.6 is 0 Å². The molecule has 1 spiro atoms. The van der Waals surface area contributed by atoms with E-state index in [1.807, 2.05) is 33.8 Å². The van der Waals surface area contributed by atoms with Crippen molar-refractivity contribution in [3.05, 3.63) is 216 Å². The van der Waals surface area contributed by atoms with Crippen LogP contribution in [0.3, 0.4) is 0 Å². The first-order valence-corrected chi connectivity index (χ1v) is 25.9. The van der Waals surface area contributed by atoms with Gasteiger partial charge in [-0.15, -0.1) is 9.13 Å². The molecule has 358 valence electrons. The Balaban J connectivity index is 1.13. The molecular formula is C69H63N3O+2. The topological polar surface area (TPSA) is 21.9 Å². The maximum Gasteiger partial charge on any atom is 0.499 e. The highest BCUT2D eigenvalue weighted by atomic mass is 16.5. The zero-order chi connectivity index (χ0) is 52.1. The van der Waals surface area contributed by atoms with Crippen LogP contribution in [0.25, 0.3) is 95.0 Å². The molecule has 1 unspecified atom stereocenters. The highest BCUT2D eigenvalue weighted by molar-refractivity contribution is 5.99. The molecule has 1 atom stereocenters. The lowest BCUT2D eigenvalue weighted by Crippen LogP contribution is -2.78. The molecule has 0 bridgehead atoms. The minimum Gasteiger partial charge on any atom is -0.392 e. The lowest BCUT2D eigenvalue weighted by molar-refractivity contribution is -0.997. The van der Waals surface area contributed by atoms with Gasteiger partial charge in [0.2, 0.25) is 5.69 Å². The Bertz CT molecular complexity index is 3940. The van der Waals surface area contributed by atoms with Gasteiger partial charge in [0, 0.05) is 31.6 Å². The van der Waals surface area contributed by atoms with E-state index in [9.17, 15) is 2.74 Å². The minimum atomic E-state index is -1.15. The van der Waals surface area contributed by atoms with Gasteiger partial charge in [-0.3, -0.25) is 0 Å². The number of hydrogen-bond acceptors (Lipinski definition) is 1. The zero-order valence-electron chi connectivity index (χ0n) is 45.6. The Kier molecular flexibility index (Phi) is 9.44. The molecule has 4 nitrogen and oxygen atoms in total. The second kappa shape index (κ2) is 16.1. The smallest absolute Gasteiger partial charge is 0.392 e. The molecule has 4 heteroatoms. The van der Waals surface area contributed by atoms with Crippen LogP contribution in [-0.2, 0) is 16.7 Å². The summed E-state index contributed by atoms with van der Waals surface area (Å²) in [5.41, 5.74) is 22.6. The third kappa shape index (κ3) is 6.72. The van der Waals surface area contributed by atoms with Crippen LogP contribution in [0.4, 0.5) is 0 Å². The summed E-state index contributed by atoms with van der Waals surface area (Å²) in [7, 11) is 0. The van der Waals surface area contributed by atoms with E-state index in [4.69, 9.17) is 4.74 Å². The predicted octanol–water partition coefficient (Wildman–Crippen LogP) is 16.9. The van der Waals surface area contributed by atoms with Crippen LogP contribution < -0.4 is 13.9 Å². The van der Waals surface area contributed by atoms with E-state index in [2.05, 4.69) is 237 Å². The lowest BCUT2D eigenvalue weighted by atomic mass is 9.78. The van der Waals surface area contributed by atoms with E-state index >= 15 is 0 Å².